The Hall–Kier alpha value is -3.06. The first kappa shape index (κ1) is 21.6. The first-order valence-electron chi connectivity index (χ1n) is 9.73. The van der Waals surface area contributed by atoms with E-state index >= 15 is 0 Å². The highest BCUT2D eigenvalue weighted by Crippen LogP contribution is 2.36. The number of carbonyl (C=O) groups excluding carboxylic acids is 1. The molecule has 2 heterocycles. The maximum atomic E-state index is 12.6. The zero-order chi connectivity index (χ0) is 21.7. The summed E-state index contributed by atoms with van der Waals surface area (Å²) in [5.41, 5.74) is 1.47. The summed E-state index contributed by atoms with van der Waals surface area (Å²) < 4.78 is 12.8. The third kappa shape index (κ3) is 4.74. The van der Waals surface area contributed by atoms with E-state index in [1.165, 1.54) is 13.2 Å². The van der Waals surface area contributed by atoms with Gasteiger partial charge in [-0.25, -0.2) is 0 Å². The van der Waals surface area contributed by atoms with Crippen LogP contribution in [-0.4, -0.2) is 34.2 Å². The molecule has 0 radical (unpaired) electrons. The molecular weight excluding hydrogens is 404 g/mol. The highest BCUT2D eigenvalue weighted by Gasteiger charge is 2.22. The molecule has 0 bridgehead atoms. The Labute approximate surface area is 180 Å². The number of hydrogen-bond acceptors (Lipinski definition) is 5. The maximum Gasteiger partial charge on any atom is 0.244 e. The third-order valence-corrected chi connectivity index (χ3v) is 4.83. The second kappa shape index (κ2) is 9.63. The van der Waals surface area contributed by atoms with Crippen LogP contribution < -0.4 is 14.8 Å². The summed E-state index contributed by atoms with van der Waals surface area (Å²) in [6, 6.07) is 8.89. The molecule has 3 aromatic rings. The Morgan fingerprint density at radius 1 is 1.30 bits per heavy atom. The van der Waals surface area contributed by atoms with Crippen molar-refractivity contribution in [3.63, 3.8) is 0 Å². The van der Waals surface area contributed by atoms with Crippen LogP contribution in [0, 0.1) is 5.92 Å². The first-order chi connectivity index (χ1) is 14.4. The second-order valence-electron chi connectivity index (χ2n) is 7.02. The molecule has 1 amide bonds. The lowest BCUT2D eigenvalue weighted by Crippen LogP contribution is -2.31. The lowest BCUT2D eigenvalue weighted by Gasteiger charge is -2.20. The number of benzene rings is 1. The van der Waals surface area contributed by atoms with Crippen LogP contribution in [-0.2, 0) is 4.79 Å². The lowest BCUT2D eigenvalue weighted by atomic mass is 10.0. The molecule has 0 saturated carbocycles. The molecule has 2 aromatic heterocycles. The minimum absolute atomic E-state index is 0.120. The predicted octanol–water partition coefficient (Wildman–Crippen LogP) is 4.32. The number of ether oxygens (including phenoxy) is 2. The molecule has 3 rings (SSSR count). The Balaban J connectivity index is 1.80. The summed E-state index contributed by atoms with van der Waals surface area (Å²) in [4.78, 5) is 12.6. The molecule has 8 heteroatoms. The quantitative estimate of drug-likeness (QED) is 0.541. The summed E-state index contributed by atoms with van der Waals surface area (Å²) in [5.74, 6) is 1.57. The molecule has 0 spiro atoms. The van der Waals surface area contributed by atoms with E-state index in [1.54, 1.807) is 18.2 Å². The van der Waals surface area contributed by atoms with E-state index in [9.17, 15) is 4.79 Å². The van der Waals surface area contributed by atoms with Crippen molar-refractivity contribution in [3.8, 4) is 11.5 Å². The molecule has 0 aliphatic heterocycles. The number of carbonyl (C=O) groups is 1. The molecular formula is C22H25ClN4O3. The van der Waals surface area contributed by atoms with Gasteiger partial charge < -0.3 is 14.8 Å². The number of nitrogens with zero attached hydrogens (tertiary/aromatic N) is 3. The second-order valence-corrected chi connectivity index (χ2v) is 7.42. The van der Waals surface area contributed by atoms with Crippen molar-refractivity contribution in [1.82, 2.24) is 19.9 Å². The number of nitrogens with one attached hydrogen (secondary N) is 1. The van der Waals surface area contributed by atoms with Crippen molar-refractivity contribution in [1.29, 1.82) is 0 Å². The number of halogens is 1. The zero-order valence-electron chi connectivity index (χ0n) is 17.4. The Bertz CT molecular complexity index is 1060. The molecule has 0 saturated heterocycles. The SMILES string of the molecule is CCOc1cc(/C=C\C(=O)N[C@H](c2nnc3ccccn23)C(C)C)cc(Cl)c1OC. The van der Waals surface area contributed by atoms with E-state index in [0.717, 1.165) is 11.2 Å². The van der Waals surface area contributed by atoms with Crippen LogP contribution >= 0.6 is 11.6 Å². The Morgan fingerprint density at radius 3 is 2.80 bits per heavy atom. The average molecular weight is 429 g/mol. The fourth-order valence-electron chi connectivity index (χ4n) is 3.12. The zero-order valence-corrected chi connectivity index (χ0v) is 18.2. The van der Waals surface area contributed by atoms with Gasteiger partial charge in [0.1, 0.15) is 0 Å². The van der Waals surface area contributed by atoms with Crippen molar-refractivity contribution >= 4 is 29.2 Å². The van der Waals surface area contributed by atoms with E-state index in [-0.39, 0.29) is 17.9 Å². The van der Waals surface area contributed by atoms with Crippen molar-refractivity contribution in [2.45, 2.75) is 26.8 Å². The van der Waals surface area contributed by atoms with Gasteiger partial charge in [0.15, 0.2) is 23.0 Å². The lowest BCUT2D eigenvalue weighted by molar-refractivity contribution is -0.117. The van der Waals surface area contributed by atoms with E-state index in [0.29, 0.717) is 29.0 Å². The van der Waals surface area contributed by atoms with Crippen LogP contribution in [0.5, 0.6) is 11.5 Å². The smallest absolute Gasteiger partial charge is 0.244 e. The fraction of sp³-hybridized carbons (Fsp3) is 0.318. The average Bonchev–Trinajstić information content (AvgIpc) is 3.14. The third-order valence-electron chi connectivity index (χ3n) is 4.55. The van der Waals surface area contributed by atoms with Gasteiger partial charge in [-0.15, -0.1) is 10.2 Å². The number of pyridine rings is 1. The number of rotatable bonds is 8. The van der Waals surface area contributed by atoms with Gasteiger partial charge in [-0.2, -0.15) is 0 Å². The van der Waals surface area contributed by atoms with Crippen LogP contribution in [0.3, 0.4) is 0 Å². The highest BCUT2D eigenvalue weighted by atomic mass is 35.5. The Morgan fingerprint density at radius 2 is 2.10 bits per heavy atom. The standard InChI is InChI=1S/C22H25ClN4O3/c1-5-30-17-13-15(12-16(23)21(17)29-4)9-10-19(28)24-20(14(2)3)22-26-25-18-8-6-7-11-27(18)22/h6-14,20H,5H2,1-4H3,(H,24,28)/b10-9-/t20-/m0/s1. The number of aromatic nitrogens is 3. The van der Waals surface area contributed by atoms with Crippen molar-refractivity contribution in [2.75, 3.05) is 13.7 Å². The van der Waals surface area contributed by atoms with Crippen LogP contribution in [0.4, 0.5) is 0 Å². The van der Waals surface area contributed by atoms with Crippen molar-refractivity contribution in [2.24, 2.45) is 5.92 Å². The van der Waals surface area contributed by atoms with E-state index < -0.39 is 0 Å². The molecule has 158 valence electrons. The first-order valence-corrected chi connectivity index (χ1v) is 10.1. The van der Waals surface area contributed by atoms with Crippen LogP contribution in [0.25, 0.3) is 11.7 Å². The Kier molecular flexibility index (Phi) is 6.95. The highest BCUT2D eigenvalue weighted by molar-refractivity contribution is 6.32. The summed E-state index contributed by atoms with van der Waals surface area (Å²) in [5, 5.41) is 11.9. The normalized spacial score (nSPS) is 12.5. The molecule has 1 N–H and O–H groups in total. The van der Waals surface area contributed by atoms with Crippen molar-refractivity contribution in [3.05, 3.63) is 59.0 Å². The van der Waals surface area contributed by atoms with Gasteiger partial charge in [-0.05, 0) is 48.7 Å². The molecule has 0 aliphatic carbocycles. The summed E-state index contributed by atoms with van der Waals surface area (Å²) in [6.07, 6.45) is 5.03. The maximum absolute atomic E-state index is 12.6. The fourth-order valence-corrected chi connectivity index (χ4v) is 3.42. The van der Waals surface area contributed by atoms with Gasteiger partial charge in [0, 0.05) is 12.3 Å². The molecule has 1 atom stereocenters. The minimum Gasteiger partial charge on any atom is -0.491 e. The predicted molar refractivity (Wildman–Crippen MR) is 117 cm³/mol. The van der Waals surface area contributed by atoms with Crippen LogP contribution in [0.15, 0.2) is 42.6 Å². The molecule has 1 aromatic carbocycles. The summed E-state index contributed by atoms with van der Waals surface area (Å²) in [7, 11) is 1.53. The summed E-state index contributed by atoms with van der Waals surface area (Å²) in [6.45, 7) is 6.40. The van der Waals surface area contributed by atoms with Gasteiger partial charge in [-0.1, -0.05) is 31.5 Å². The van der Waals surface area contributed by atoms with Gasteiger partial charge in [0.25, 0.3) is 0 Å². The van der Waals surface area contributed by atoms with Crippen molar-refractivity contribution < 1.29 is 14.3 Å². The minimum atomic E-state index is -0.294. The largest absolute Gasteiger partial charge is 0.491 e. The van der Waals surface area contributed by atoms with E-state index in [2.05, 4.69) is 15.5 Å². The molecule has 30 heavy (non-hydrogen) atoms. The van der Waals surface area contributed by atoms with Crippen LogP contribution in [0.2, 0.25) is 5.02 Å². The molecule has 0 unspecified atom stereocenters. The number of fused-ring (bicyclic) bond motifs is 1. The van der Waals surface area contributed by atoms with E-state index in [1.807, 2.05) is 49.6 Å². The number of methoxy groups -OCH3 is 1. The van der Waals surface area contributed by atoms with Gasteiger partial charge in [-0.3, -0.25) is 9.20 Å². The molecule has 0 aliphatic rings. The topological polar surface area (TPSA) is 77.8 Å². The van der Waals surface area contributed by atoms with E-state index in [4.69, 9.17) is 21.1 Å². The molecule has 7 nitrogen and oxygen atoms in total. The monoisotopic (exact) mass is 428 g/mol. The molecule has 0 fully saturated rings. The van der Waals surface area contributed by atoms with Crippen LogP contribution in [0.1, 0.15) is 38.2 Å². The number of amides is 1. The van der Waals surface area contributed by atoms with Gasteiger partial charge in [0.05, 0.1) is 24.8 Å². The number of hydrogen-bond donors (Lipinski definition) is 1. The van der Waals surface area contributed by atoms with Gasteiger partial charge >= 0.3 is 0 Å². The summed E-state index contributed by atoms with van der Waals surface area (Å²) >= 11 is 6.28. The van der Waals surface area contributed by atoms with Gasteiger partial charge in [0.2, 0.25) is 5.91 Å².